The minimum absolute atomic E-state index is 0.00257. The summed E-state index contributed by atoms with van der Waals surface area (Å²) in [5.41, 5.74) is 0. The number of carboxylic acid groups (broad SMARTS) is 1. The Bertz CT molecular complexity index is 475. The number of rotatable bonds is 3. The Morgan fingerprint density at radius 3 is 2.79 bits per heavy atom. The number of nitrogens with zero attached hydrogens (tertiary/aromatic N) is 3. The number of hydrogen-bond acceptors (Lipinski definition) is 5. The lowest BCUT2D eigenvalue weighted by Gasteiger charge is -2.20. The molecule has 2 heterocycles. The summed E-state index contributed by atoms with van der Waals surface area (Å²) in [7, 11) is 0. The number of aryl methyl sites for hydroxylation is 1. The van der Waals surface area contributed by atoms with Crippen LogP contribution < -0.4 is 0 Å². The third kappa shape index (κ3) is 3.74. The van der Waals surface area contributed by atoms with E-state index in [1.807, 2.05) is 11.8 Å². The van der Waals surface area contributed by atoms with Crippen LogP contribution in [0.25, 0.3) is 0 Å². The molecule has 7 heteroatoms. The molecule has 104 valence electrons. The smallest absolute Gasteiger partial charge is 0.317 e. The Labute approximate surface area is 115 Å². The molecular weight excluding hydrogens is 266 g/mol. The topological polar surface area (TPSA) is 73.7 Å². The SMILES string of the molecule is Cc1ncc(C(=O)N2CCCN(CC(=O)O)CC2)s1. The first-order valence-corrected chi connectivity index (χ1v) is 7.04. The second-order valence-electron chi connectivity index (χ2n) is 4.56. The molecule has 6 nitrogen and oxygen atoms in total. The van der Waals surface area contributed by atoms with Crippen LogP contribution in [-0.2, 0) is 4.79 Å². The predicted molar refractivity (Wildman–Crippen MR) is 71.4 cm³/mol. The van der Waals surface area contributed by atoms with Crippen molar-refractivity contribution in [2.75, 3.05) is 32.7 Å². The van der Waals surface area contributed by atoms with Crippen LogP contribution in [0.3, 0.4) is 0 Å². The summed E-state index contributed by atoms with van der Waals surface area (Å²) in [6.07, 6.45) is 2.42. The van der Waals surface area contributed by atoms with Crippen LogP contribution in [0.1, 0.15) is 21.1 Å². The van der Waals surface area contributed by atoms with Crippen molar-refractivity contribution < 1.29 is 14.7 Å². The highest BCUT2D eigenvalue weighted by molar-refractivity contribution is 7.13. The minimum atomic E-state index is -0.821. The number of carbonyl (C=O) groups excluding carboxylic acids is 1. The standard InChI is InChI=1S/C12H17N3O3S/c1-9-13-7-10(19-9)12(18)15-4-2-3-14(5-6-15)8-11(16)17/h7H,2-6,8H2,1H3,(H,16,17). The van der Waals surface area contributed by atoms with Gasteiger partial charge in [0, 0.05) is 26.2 Å². The molecule has 19 heavy (non-hydrogen) atoms. The average molecular weight is 283 g/mol. The molecule has 0 aliphatic carbocycles. The van der Waals surface area contributed by atoms with Crippen LogP contribution >= 0.6 is 11.3 Å². The highest BCUT2D eigenvalue weighted by Gasteiger charge is 2.22. The summed E-state index contributed by atoms with van der Waals surface area (Å²) < 4.78 is 0. The lowest BCUT2D eigenvalue weighted by Crippen LogP contribution is -2.36. The third-order valence-electron chi connectivity index (χ3n) is 3.07. The molecule has 1 aliphatic heterocycles. The second kappa shape index (κ2) is 6.12. The molecule has 0 spiro atoms. The van der Waals surface area contributed by atoms with Gasteiger partial charge in [0.05, 0.1) is 17.7 Å². The summed E-state index contributed by atoms with van der Waals surface area (Å²) in [4.78, 5) is 31.4. The van der Waals surface area contributed by atoms with Gasteiger partial charge in [0.1, 0.15) is 4.88 Å². The molecule has 0 unspecified atom stereocenters. The highest BCUT2D eigenvalue weighted by atomic mass is 32.1. The number of carbonyl (C=O) groups is 2. The Hall–Kier alpha value is -1.47. The molecule has 1 N–H and O–H groups in total. The van der Waals surface area contributed by atoms with Crippen LogP contribution in [0.5, 0.6) is 0 Å². The van der Waals surface area contributed by atoms with Crippen molar-refractivity contribution in [1.29, 1.82) is 0 Å². The van der Waals surface area contributed by atoms with Crippen molar-refractivity contribution in [2.45, 2.75) is 13.3 Å². The number of aliphatic carboxylic acids is 1. The van der Waals surface area contributed by atoms with Crippen LogP contribution in [0.2, 0.25) is 0 Å². The fourth-order valence-electron chi connectivity index (χ4n) is 2.14. The van der Waals surface area contributed by atoms with E-state index in [-0.39, 0.29) is 12.5 Å². The van der Waals surface area contributed by atoms with E-state index < -0.39 is 5.97 Å². The molecule has 1 aliphatic rings. The maximum atomic E-state index is 12.3. The van der Waals surface area contributed by atoms with Gasteiger partial charge in [-0.25, -0.2) is 4.98 Å². The Morgan fingerprint density at radius 1 is 1.37 bits per heavy atom. The van der Waals surface area contributed by atoms with Crippen LogP contribution in [0, 0.1) is 6.92 Å². The molecule has 0 atom stereocenters. The summed E-state index contributed by atoms with van der Waals surface area (Å²) in [6, 6.07) is 0. The maximum Gasteiger partial charge on any atom is 0.317 e. The van der Waals surface area contributed by atoms with E-state index in [9.17, 15) is 9.59 Å². The van der Waals surface area contributed by atoms with Crippen molar-refractivity contribution in [3.63, 3.8) is 0 Å². The lowest BCUT2D eigenvalue weighted by molar-refractivity contribution is -0.138. The molecule has 2 rings (SSSR count). The Balaban J connectivity index is 1.95. The first kappa shape index (κ1) is 14.0. The van der Waals surface area contributed by atoms with Crippen molar-refractivity contribution in [2.24, 2.45) is 0 Å². The van der Waals surface area contributed by atoms with Gasteiger partial charge in [-0.05, 0) is 13.3 Å². The van der Waals surface area contributed by atoms with Crippen LogP contribution in [-0.4, -0.2) is 64.5 Å². The molecule has 0 bridgehead atoms. The molecular formula is C12H17N3O3S. The fourth-order valence-corrected chi connectivity index (χ4v) is 2.88. The van der Waals surface area contributed by atoms with Crippen molar-refractivity contribution >= 4 is 23.2 Å². The average Bonchev–Trinajstić information content (AvgIpc) is 2.65. The quantitative estimate of drug-likeness (QED) is 0.883. The normalized spacial score (nSPS) is 17.2. The van der Waals surface area contributed by atoms with Gasteiger partial charge in [0.2, 0.25) is 0 Å². The molecule has 0 aromatic carbocycles. The molecule has 1 aromatic rings. The van der Waals surface area contributed by atoms with E-state index in [0.29, 0.717) is 24.5 Å². The van der Waals surface area contributed by atoms with Gasteiger partial charge in [-0.3, -0.25) is 14.5 Å². The molecule has 1 aromatic heterocycles. The number of amides is 1. The van der Waals surface area contributed by atoms with E-state index in [1.165, 1.54) is 11.3 Å². The zero-order valence-corrected chi connectivity index (χ0v) is 11.7. The first-order valence-electron chi connectivity index (χ1n) is 6.22. The van der Waals surface area contributed by atoms with Crippen molar-refractivity contribution in [1.82, 2.24) is 14.8 Å². The molecule has 0 radical (unpaired) electrons. The summed E-state index contributed by atoms with van der Waals surface area (Å²) in [5.74, 6) is -0.819. The molecule has 1 saturated heterocycles. The number of thiazole rings is 1. The summed E-state index contributed by atoms with van der Waals surface area (Å²) >= 11 is 1.40. The van der Waals surface area contributed by atoms with Crippen molar-refractivity contribution in [3.8, 4) is 0 Å². The largest absolute Gasteiger partial charge is 0.480 e. The Kier molecular flexibility index (Phi) is 4.49. The van der Waals surface area contributed by atoms with E-state index in [4.69, 9.17) is 5.11 Å². The molecule has 1 amide bonds. The summed E-state index contributed by atoms with van der Waals surface area (Å²) in [5, 5.41) is 9.66. The van der Waals surface area contributed by atoms with E-state index in [1.54, 1.807) is 11.1 Å². The van der Waals surface area contributed by atoms with E-state index in [2.05, 4.69) is 4.98 Å². The third-order valence-corrected chi connectivity index (χ3v) is 3.97. The van der Waals surface area contributed by atoms with Gasteiger partial charge < -0.3 is 10.0 Å². The number of carboxylic acids is 1. The van der Waals surface area contributed by atoms with Gasteiger partial charge >= 0.3 is 5.97 Å². The minimum Gasteiger partial charge on any atom is -0.480 e. The number of hydrogen-bond donors (Lipinski definition) is 1. The first-order chi connectivity index (χ1) is 9.06. The predicted octanol–water partition coefficient (Wildman–Crippen LogP) is 0.684. The fraction of sp³-hybridized carbons (Fsp3) is 0.583. The zero-order valence-electron chi connectivity index (χ0n) is 10.8. The maximum absolute atomic E-state index is 12.3. The van der Waals surface area contributed by atoms with Gasteiger partial charge in [0.15, 0.2) is 0 Å². The van der Waals surface area contributed by atoms with Gasteiger partial charge in [-0.1, -0.05) is 0 Å². The highest BCUT2D eigenvalue weighted by Crippen LogP contribution is 2.15. The van der Waals surface area contributed by atoms with Crippen LogP contribution in [0.4, 0.5) is 0 Å². The van der Waals surface area contributed by atoms with Crippen molar-refractivity contribution in [3.05, 3.63) is 16.1 Å². The zero-order chi connectivity index (χ0) is 13.8. The van der Waals surface area contributed by atoms with E-state index >= 15 is 0 Å². The van der Waals surface area contributed by atoms with E-state index in [0.717, 1.165) is 18.0 Å². The monoisotopic (exact) mass is 283 g/mol. The molecule has 1 fully saturated rings. The lowest BCUT2D eigenvalue weighted by atomic mass is 10.3. The Morgan fingerprint density at radius 2 is 2.16 bits per heavy atom. The van der Waals surface area contributed by atoms with Crippen LogP contribution in [0.15, 0.2) is 6.20 Å². The second-order valence-corrected chi connectivity index (χ2v) is 5.79. The van der Waals surface area contributed by atoms with Gasteiger partial charge in [0.25, 0.3) is 5.91 Å². The van der Waals surface area contributed by atoms with Gasteiger partial charge in [-0.15, -0.1) is 11.3 Å². The summed E-state index contributed by atoms with van der Waals surface area (Å²) in [6.45, 7) is 4.49. The number of aromatic nitrogens is 1. The molecule has 0 saturated carbocycles. The van der Waals surface area contributed by atoms with Gasteiger partial charge in [-0.2, -0.15) is 0 Å².